The summed E-state index contributed by atoms with van der Waals surface area (Å²) in [6.45, 7) is 0.829. The molecule has 1 aliphatic rings. The van der Waals surface area contributed by atoms with Crippen molar-refractivity contribution in [3.8, 4) is 0 Å². The maximum absolute atomic E-state index is 13.7. The fraction of sp³-hybridized carbons (Fsp3) is 0.462. The predicted octanol–water partition coefficient (Wildman–Crippen LogP) is 1.37. The molecule has 1 unspecified atom stereocenters. The van der Waals surface area contributed by atoms with Gasteiger partial charge in [-0.15, -0.1) is 0 Å². The third kappa shape index (κ3) is 3.99. The van der Waals surface area contributed by atoms with Gasteiger partial charge in [0.1, 0.15) is 10.7 Å². The second-order valence-electron chi connectivity index (χ2n) is 4.77. The smallest absolute Gasteiger partial charge is 0.335 e. The molecular weight excluding hydrogens is 301 g/mol. The molecule has 1 heterocycles. The lowest BCUT2D eigenvalue weighted by Gasteiger charge is -2.11. The molecule has 0 spiro atoms. The van der Waals surface area contributed by atoms with Crippen LogP contribution < -0.4 is 4.72 Å². The van der Waals surface area contributed by atoms with Gasteiger partial charge in [0.15, 0.2) is 0 Å². The van der Waals surface area contributed by atoms with Crippen LogP contribution in [0.3, 0.4) is 0 Å². The number of hydrogen-bond acceptors (Lipinski definition) is 4. The van der Waals surface area contributed by atoms with Crippen molar-refractivity contribution in [2.24, 2.45) is 0 Å². The molecule has 1 saturated heterocycles. The molecule has 1 aromatic rings. The highest BCUT2D eigenvalue weighted by molar-refractivity contribution is 7.89. The average molecular weight is 317 g/mol. The van der Waals surface area contributed by atoms with E-state index in [1.54, 1.807) is 0 Å². The van der Waals surface area contributed by atoms with Gasteiger partial charge in [-0.25, -0.2) is 22.3 Å². The second kappa shape index (κ2) is 6.50. The quantitative estimate of drug-likeness (QED) is 0.826. The average Bonchev–Trinajstić information content (AvgIpc) is 2.91. The number of benzene rings is 1. The first-order valence-electron chi connectivity index (χ1n) is 6.54. The van der Waals surface area contributed by atoms with Crippen LogP contribution in [0.25, 0.3) is 0 Å². The zero-order valence-corrected chi connectivity index (χ0v) is 12.0. The van der Waals surface area contributed by atoms with Crippen molar-refractivity contribution < 1.29 is 27.4 Å². The number of nitrogens with one attached hydrogen (secondary N) is 1. The molecule has 6 nitrogen and oxygen atoms in total. The molecule has 1 aromatic carbocycles. The third-order valence-corrected chi connectivity index (χ3v) is 4.75. The number of halogens is 1. The fourth-order valence-corrected chi connectivity index (χ4v) is 3.26. The Hall–Kier alpha value is -1.51. The van der Waals surface area contributed by atoms with E-state index in [0.29, 0.717) is 19.1 Å². The second-order valence-corrected chi connectivity index (χ2v) is 6.51. The standard InChI is InChI=1S/C13H16FNO5S/c14-11-8-9(13(16)17)3-4-12(11)21(18,19)15-6-5-10-2-1-7-20-10/h3-4,8,10,15H,1-2,5-7H2,(H,16,17). The van der Waals surface area contributed by atoms with E-state index in [2.05, 4.69) is 4.72 Å². The Kier molecular flexibility index (Phi) is 4.92. The van der Waals surface area contributed by atoms with Gasteiger partial charge in [-0.3, -0.25) is 0 Å². The minimum absolute atomic E-state index is 0.0342. The number of hydrogen-bond donors (Lipinski definition) is 2. The summed E-state index contributed by atoms with van der Waals surface area (Å²) < 4.78 is 45.3. The normalized spacial score (nSPS) is 18.8. The van der Waals surface area contributed by atoms with Gasteiger partial charge in [0.25, 0.3) is 0 Å². The third-order valence-electron chi connectivity index (χ3n) is 3.25. The molecule has 2 N–H and O–H groups in total. The molecule has 116 valence electrons. The van der Waals surface area contributed by atoms with E-state index < -0.39 is 26.7 Å². The van der Waals surface area contributed by atoms with Gasteiger partial charge in [-0.2, -0.15) is 0 Å². The van der Waals surface area contributed by atoms with Gasteiger partial charge >= 0.3 is 5.97 Å². The van der Waals surface area contributed by atoms with Crippen LogP contribution in [0.15, 0.2) is 23.1 Å². The molecule has 0 amide bonds. The first kappa shape index (κ1) is 15.9. The van der Waals surface area contributed by atoms with Crippen LogP contribution in [0.2, 0.25) is 0 Å². The van der Waals surface area contributed by atoms with Crippen LogP contribution in [0.1, 0.15) is 29.6 Å². The van der Waals surface area contributed by atoms with Gasteiger partial charge < -0.3 is 9.84 Å². The highest BCUT2D eigenvalue weighted by atomic mass is 32.2. The van der Waals surface area contributed by atoms with Crippen molar-refractivity contribution in [3.63, 3.8) is 0 Å². The molecule has 21 heavy (non-hydrogen) atoms. The zero-order valence-electron chi connectivity index (χ0n) is 11.2. The SMILES string of the molecule is O=C(O)c1ccc(S(=O)(=O)NCCC2CCCO2)c(F)c1. The van der Waals surface area contributed by atoms with E-state index in [-0.39, 0.29) is 18.2 Å². The van der Waals surface area contributed by atoms with E-state index in [1.165, 1.54) is 0 Å². The van der Waals surface area contributed by atoms with Gasteiger partial charge in [0.05, 0.1) is 11.7 Å². The fourth-order valence-electron chi connectivity index (χ4n) is 2.16. The topological polar surface area (TPSA) is 92.7 Å². The molecule has 0 aliphatic carbocycles. The molecule has 2 rings (SSSR count). The van der Waals surface area contributed by atoms with Crippen molar-refractivity contribution in [2.45, 2.75) is 30.3 Å². The molecular formula is C13H16FNO5S. The van der Waals surface area contributed by atoms with E-state index in [9.17, 15) is 17.6 Å². The van der Waals surface area contributed by atoms with Crippen LogP contribution in [-0.2, 0) is 14.8 Å². The van der Waals surface area contributed by atoms with Crippen LogP contribution in [0.4, 0.5) is 4.39 Å². The van der Waals surface area contributed by atoms with Gasteiger partial charge in [0, 0.05) is 13.2 Å². The van der Waals surface area contributed by atoms with Crippen molar-refractivity contribution in [1.82, 2.24) is 4.72 Å². The predicted molar refractivity (Wildman–Crippen MR) is 72.1 cm³/mol. The van der Waals surface area contributed by atoms with Crippen molar-refractivity contribution in [2.75, 3.05) is 13.2 Å². The lowest BCUT2D eigenvalue weighted by atomic mass is 10.2. The van der Waals surface area contributed by atoms with E-state index in [4.69, 9.17) is 9.84 Å². The number of carboxylic acid groups (broad SMARTS) is 1. The maximum Gasteiger partial charge on any atom is 0.335 e. The number of carbonyl (C=O) groups is 1. The lowest BCUT2D eigenvalue weighted by molar-refractivity contribution is 0.0696. The van der Waals surface area contributed by atoms with Crippen LogP contribution in [0, 0.1) is 5.82 Å². The first-order valence-corrected chi connectivity index (χ1v) is 8.02. The highest BCUT2D eigenvalue weighted by Gasteiger charge is 2.21. The van der Waals surface area contributed by atoms with E-state index in [1.807, 2.05) is 0 Å². The summed E-state index contributed by atoms with van der Waals surface area (Å²) in [7, 11) is -4.00. The number of ether oxygens (including phenoxy) is 1. The maximum atomic E-state index is 13.7. The molecule has 1 aliphatic heterocycles. The van der Waals surface area contributed by atoms with E-state index in [0.717, 1.165) is 25.0 Å². The summed E-state index contributed by atoms with van der Waals surface area (Å²) in [5.74, 6) is -2.40. The van der Waals surface area contributed by atoms with Gasteiger partial charge in [0.2, 0.25) is 10.0 Å². The van der Waals surface area contributed by atoms with Crippen LogP contribution in [0.5, 0.6) is 0 Å². The Morgan fingerprint density at radius 1 is 1.48 bits per heavy atom. The molecule has 0 radical (unpaired) electrons. The first-order chi connectivity index (χ1) is 9.90. The minimum Gasteiger partial charge on any atom is -0.478 e. The summed E-state index contributed by atoms with van der Waals surface area (Å²) in [5, 5.41) is 8.72. The van der Waals surface area contributed by atoms with Crippen molar-refractivity contribution in [3.05, 3.63) is 29.6 Å². The summed E-state index contributed by atoms with van der Waals surface area (Å²) >= 11 is 0. The number of aromatic carboxylic acids is 1. The largest absolute Gasteiger partial charge is 0.478 e. The van der Waals surface area contributed by atoms with Crippen LogP contribution >= 0.6 is 0 Å². The molecule has 0 saturated carbocycles. The van der Waals surface area contributed by atoms with Crippen molar-refractivity contribution in [1.29, 1.82) is 0 Å². The van der Waals surface area contributed by atoms with Gasteiger partial charge in [-0.05, 0) is 37.5 Å². The Bertz CT molecular complexity index is 625. The lowest BCUT2D eigenvalue weighted by Crippen LogP contribution is -2.28. The number of sulfonamides is 1. The summed E-state index contributed by atoms with van der Waals surface area (Å²) in [4.78, 5) is 10.1. The molecule has 1 fully saturated rings. The van der Waals surface area contributed by atoms with Crippen molar-refractivity contribution >= 4 is 16.0 Å². The monoisotopic (exact) mass is 317 g/mol. The Morgan fingerprint density at radius 3 is 2.81 bits per heavy atom. The molecule has 1 atom stereocenters. The Balaban J connectivity index is 2.03. The summed E-state index contributed by atoms with van der Waals surface area (Å²) in [6, 6.07) is 2.70. The minimum atomic E-state index is -4.00. The summed E-state index contributed by atoms with van der Waals surface area (Å²) in [6.07, 6.45) is 2.41. The number of carboxylic acids is 1. The molecule has 0 bridgehead atoms. The summed E-state index contributed by atoms with van der Waals surface area (Å²) in [5.41, 5.74) is -0.300. The molecule has 8 heteroatoms. The zero-order chi connectivity index (χ0) is 15.5. The van der Waals surface area contributed by atoms with Gasteiger partial charge in [-0.1, -0.05) is 0 Å². The Morgan fingerprint density at radius 2 is 2.24 bits per heavy atom. The number of rotatable bonds is 6. The highest BCUT2D eigenvalue weighted by Crippen LogP contribution is 2.17. The Labute approximate surface area is 122 Å². The van der Waals surface area contributed by atoms with Crippen LogP contribution in [-0.4, -0.2) is 38.7 Å². The van der Waals surface area contributed by atoms with E-state index >= 15 is 0 Å². The molecule has 0 aromatic heterocycles.